The van der Waals surface area contributed by atoms with Gasteiger partial charge in [-0.25, -0.2) is 9.88 Å². The third-order valence-corrected chi connectivity index (χ3v) is 5.89. The maximum Gasteiger partial charge on any atom is 0.258 e. The van der Waals surface area contributed by atoms with Crippen molar-refractivity contribution in [3.8, 4) is 0 Å². The number of nitrogens with zero attached hydrogens (tertiary/aromatic N) is 2. The van der Waals surface area contributed by atoms with E-state index in [-0.39, 0.29) is 29.2 Å². The van der Waals surface area contributed by atoms with Crippen LogP contribution in [0, 0.1) is 11.8 Å². The Hall–Kier alpha value is -2.54. The van der Waals surface area contributed by atoms with Crippen LogP contribution >= 0.6 is 0 Å². The third kappa shape index (κ3) is 3.27. The number of hydrogen-bond acceptors (Lipinski definition) is 4. The van der Waals surface area contributed by atoms with Crippen LogP contribution in [-0.4, -0.2) is 39.9 Å². The lowest BCUT2D eigenvalue weighted by molar-refractivity contribution is -0.919. The number of H-pyrrole nitrogens is 1. The van der Waals surface area contributed by atoms with Crippen molar-refractivity contribution in [2.75, 3.05) is 13.2 Å². The number of aromatic amines is 1. The van der Waals surface area contributed by atoms with Gasteiger partial charge in [-0.15, -0.1) is 0 Å². The summed E-state index contributed by atoms with van der Waals surface area (Å²) in [6, 6.07) is 7.23. The van der Waals surface area contributed by atoms with Gasteiger partial charge in [0.2, 0.25) is 11.8 Å². The van der Waals surface area contributed by atoms with Crippen molar-refractivity contribution in [3.05, 3.63) is 40.4 Å². The quantitative estimate of drug-likeness (QED) is 0.750. The molecule has 4 rings (SSSR count). The highest BCUT2D eigenvalue weighted by molar-refractivity contribution is 6.05. The molecule has 142 valence electrons. The van der Waals surface area contributed by atoms with Crippen LogP contribution in [0.3, 0.4) is 0 Å². The van der Waals surface area contributed by atoms with Gasteiger partial charge in [0, 0.05) is 0 Å². The number of imide groups is 1. The van der Waals surface area contributed by atoms with E-state index >= 15 is 0 Å². The molecule has 1 aliphatic heterocycles. The van der Waals surface area contributed by atoms with Crippen LogP contribution in [0.4, 0.5) is 0 Å². The predicted molar refractivity (Wildman–Crippen MR) is 99.7 cm³/mol. The van der Waals surface area contributed by atoms with Gasteiger partial charge in [0.05, 0.1) is 29.3 Å². The Morgan fingerprint density at radius 3 is 2.44 bits per heavy atom. The summed E-state index contributed by atoms with van der Waals surface area (Å²) in [5.74, 6) is 0.296. The third-order valence-electron chi connectivity index (χ3n) is 5.89. The van der Waals surface area contributed by atoms with Gasteiger partial charge in [0.1, 0.15) is 6.54 Å². The summed E-state index contributed by atoms with van der Waals surface area (Å²) < 4.78 is 0. The average Bonchev–Trinajstić information content (AvgIpc) is 2.92. The van der Waals surface area contributed by atoms with Gasteiger partial charge in [-0.05, 0) is 31.9 Å². The van der Waals surface area contributed by atoms with E-state index in [9.17, 15) is 14.4 Å². The van der Waals surface area contributed by atoms with E-state index in [4.69, 9.17) is 0 Å². The highest BCUT2D eigenvalue weighted by Gasteiger charge is 2.49. The number of carbonyl (C=O) groups excluding carboxylic acids is 2. The summed E-state index contributed by atoms with van der Waals surface area (Å²) in [7, 11) is 0. The Morgan fingerprint density at radius 2 is 1.78 bits per heavy atom. The summed E-state index contributed by atoms with van der Waals surface area (Å²) >= 11 is 0. The van der Waals surface area contributed by atoms with E-state index in [0.717, 1.165) is 37.1 Å². The lowest BCUT2D eigenvalue weighted by atomic mass is 9.81. The molecule has 0 spiro atoms. The minimum absolute atomic E-state index is 0.0179. The lowest BCUT2D eigenvalue weighted by Crippen LogP contribution is -3.12. The Morgan fingerprint density at radius 1 is 1.11 bits per heavy atom. The van der Waals surface area contributed by atoms with E-state index in [2.05, 4.69) is 9.97 Å². The summed E-state index contributed by atoms with van der Waals surface area (Å²) in [4.78, 5) is 47.5. The van der Waals surface area contributed by atoms with Gasteiger partial charge in [0.15, 0.2) is 12.5 Å². The minimum atomic E-state index is -0.162. The van der Waals surface area contributed by atoms with Crippen molar-refractivity contribution in [1.82, 2.24) is 14.9 Å². The Kier molecular flexibility index (Phi) is 4.78. The lowest BCUT2D eigenvalue weighted by Gasteiger charge is -2.22. The van der Waals surface area contributed by atoms with Gasteiger partial charge in [-0.2, -0.15) is 0 Å². The molecule has 0 radical (unpaired) electrons. The molecule has 7 heteroatoms. The van der Waals surface area contributed by atoms with E-state index in [1.54, 1.807) is 6.07 Å². The molecule has 1 unspecified atom stereocenters. The van der Waals surface area contributed by atoms with Gasteiger partial charge in [-0.1, -0.05) is 25.0 Å². The van der Waals surface area contributed by atoms with Crippen LogP contribution in [0.1, 0.15) is 38.4 Å². The normalized spacial score (nSPS) is 23.7. The standard InChI is InChI=1S/C20H24N4O3/c1-2-23(11-17-21-16-10-6-5-9-15(16)18(25)22-17)12-24-19(26)13-7-3-4-8-14(13)20(24)27/h5-6,9-10,13-14H,2-4,7-8,11-12H2,1H3,(H,21,22,25)/p+1/t13-,14-/m0/s1. The molecule has 2 N–H and O–H groups in total. The molecule has 0 bridgehead atoms. The number of quaternary nitrogens is 1. The zero-order valence-corrected chi connectivity index (χ0v) is 15.5. The average molecular weight is 369 g/mol. The van der Waals surface area contributed by atoms with Gasteiger partial charge < -0.3 is 9.88 Å². The summed E-state index contributed by atoms with van der Waals surface area (Å²) in [6.45, 7) is 3.52. The number of hydrogen-bond donors (Lipinski definition) is 2. The van der Waals surface area contributed by atoms with Crippen LogP contribution in [0.15, 0.2) is 29.1 Å². The Balaban J connectivity index is 1.52. The summed E-state index contributed by atoms with van der Waals surface area (Å²) in [5, 5.41) is 0.563. The van der Waals surface area contributed by atoms with Gasteiger partial charge in [0.25, 0.3) is 5.56 Å². The van der Waals surface area contributed by atoms with Crippen LogP contribution in [0.25, 0.3) is 10.9 Å². The maximum absolute atomic E-state index is 12.7. The van der Waals surface area contributed by atoms with Crippen molar-refractivity contribution in [1.29, 1.82) is 0 Å². The molecule has 27 heavy (non-hydrogen) atoms. The first-order chi connectivity index (χ1) is 13.1. The van der Waals surface area contributed by atoms with Crippen molar-refractivity contribution in [2.24, 2.45) is 11.8 Å². The fourth-order valence-electron chi connectivity index (χ4n) is 4.36. The van der Waals surface area contributed by atoms with Crippen LogP contribution in [-0.2, 0) is 16.1 Å². The van der Waals surface area contributed by atoms with Crippen molar-refractivity contribution in [2.45, 2.75) is 39.2 Å². The number of likely N-dealkylation sites (tertiary alicyclic amines) is 1. The monoisotopic (exact) mass is 369 g/mol. The number of carbonyl (C=O) groups is 2. The second-order valence-corrected chi connectivity index (χ2v) is 7.57. The van der Waals surface area contributed by atoms with E-state index in [0.29, 0.717) is 29.9 Å². The zero-order chi connectivity index (χ0) is 19.0. The first kappa shape index (κ1) is 17.9. The Bertz CT molecular complexity index is 914. The number of para-hydroxylation sites is 1. The number of fused-ring (bicyclic) bond motifs is 2. The zero-order valence-electron chi connectivity index (χ0n) is 15.5. The fourth-order valence-corrected chi connectivity index (χ4v) is 4.36. The number of rotatable bonds is 5. The van der Waals surface area contributed by atoms with Crippen molar-refractivity contribution < 1.29 is 14.5 Å². The second-order valence-electron chi connectivity index (χ2n) is 7.57. The molecule has 2 heterocycles. The first-order valence-corrected chi connectivity index (χ1v) is 9.75. The molecule has 1 aromatic carbocycles. The molecular weight excluding hydrogens is 344 g/mol. The van der Waals surface area contributed by atoms with Crippen LogP contribution in [0.5, 0.6) is 0 Å². The topological polar surface area (TPSA) is 87.6 Å². The molecular formula is C20H25N4O3+. The molecule has 1 aliphatic carbocycles. The van der Waals surface area contributed by atoms with Crippen LogP contribution in [0.2, 0.25) is 0 Å². The molecule has 1 aromatic heterocycles. The second kappa shape index (κ2) is 7.23. The van der Waals surface area contributed by atoms with E-state index < -0.39 is 0 Å². The van der Waals surface area contributed by atoms with Crippen molar-refractivity contribution in [3.63, 3.8) is 0 Å². The molecule has 2 aliphatic rings. The Labute approximate surface area is 157 Å². The maximum atomic E-state index is 12.7. The molecule has 1 saturated heterocycles. The number of benzene rings is 1. The molecule has 7 nitrogen and oxygen atoms in total. The first-order valence-electron chi connectivity index (χ1n) is 9.75. The number of aromatic nitrogens is 2. The largest absolute Gasteiger partial charge is 0.311 e. The van der Waals surface area contributed by atoms with E-state index in [1.165, 1.54) is 4.90 Å². The predicted octanol–water partition coefficient (Wildman–Crippen LogP) is 0.461. The van der Waals surface area contributed by atoms with Crippen LogP contribution < -0.4 is 10.5 Å². The smallest absolute Gasteiger partial charge is 0.258 e. The van der Waals surface area contributed by atoms with Gasteiger partial charge >= 0.3 is 0 Å². The fraction of sp³-hybridized carbons (Fsp3) is 0.500. The van der Waals surface area contributed by atoms with Crippen molar-refractivity contribution >= 4 is 22.7 Å². The number of amides is 2. The summed E-state index contributed by atoms with van der Waals surface area (Å²) in [5.41, 5.74) is 0.497. The summed E-state index contributed by atoms with van der Waals surface area (Å²) in [6.07, 6.45) is 3.71. The highest BCUT2D eigenvalue weighted by atomic mass is 16.2. The SMILES string of the molecule is CC[NH+](Cc1nc2ccccc2c(=O)[nH]1)CN1C(=O)[C@H]2CCCC[C@@H]2C1=O. The molecule has 2 fully saturated rings. The molecule has 1 saturated carbocycles. The highest BCUT2D eigenvalue weighted by Crippen LogP contribution is 2.37. The molecule has 2 amide bonds. The number of nitrogens with one attached hydrogen (secondary N) is 2. The van der Waals surface area contributed by atoms with Gasteiger partial charge in [-0.3, -0.25) is 14.4 Å². The molecule has 2 aromatic rings. The molecule has 3 atom stereocenters. The minimum Gasteiger partial charge on any atom is -0.311 e. The van der Waals surface area contributed by atoms with E-state index in [1.807, 2.05) is 25.1 Å².